The van der Waals surface area contributed by atoms with E-state index in [0.717, 1.165) is 105 Å². The minimum atomic E-state index is -2.64. The molecule has 0 aliphatic carbocycles. The number of hydrogen-bond donors (Lipinski definition) is 0. The zero-order valence-corrected chi connectivity index (χ0v) is 53.2. The Morgan fingerprint density at radius 2 is 0.791 bits per heavy atom. The molecular weight excluding hydrogens is 1130 g/mol. The highest BCUT2D eigenvalue weighted by Crippen LogP contribution is 2.44. The molecule has 12 aromatic rings. The highest BCUT2D eigenvalue weighted by molar-refractivity contribution is 6.12. The summed E-state index contributed by atoms with van der Waals surface area (Å²) in [5.41, 5.74) is 11.6. The summed E-state index contributed by atoms with van der Waals surface area (Å²) in [6, 6.07) is 31.3. The van der Waals surface area contributed by atoms with Crippen LogP contribution < -0.4 is 19.6 Å². The Labute approximate surface area is 549 Å². The number of furan rings is 4. The number of aromatic nitrogens is 4. The molecule has 466 valence electrons. The van der Waals surface area contributed by atoms with Crippen LogP contribution in [0.25, 0.3) is 88.3 Å². The summed E-state index contributed by atoms with van der Waals surface area (Å²) in [6.07, 6.45) is 20.8. The Morgan fingerprint density at radius 3 is 1.12 bits per heavy atom. The standard InChI is InChI=1S/C21H25N3O.C19H21N3O.C18H19N3O.C17H17N3O/c1-14-8-9-16-17-7-6-10-22-20(17)25-19(16)18(14)24-12-11-23(15(24)2)13-21(3,4)5;1-12(2)21-10-11-22(14(21)4)17-13(3)7-8-15-16-6-5-9-20-19(16)23-18(15)17;1-4-20-10-11-21(13(20)3)16-12(2)7-8-14-15-6-5-9-19-18(15)22-17(14)16;1-11-6-7-13-14-5-4-8-18-17(14)21-16(13)15(11)20-10-9-19(3)12(20)2/h6-12,15H,13H2,1-5H3;5-12,14H,1-4H3;5-11,13H,4H2,1-3H3;4-10,12H,1-3H3/t15-;14-;13-;12-/m0000/s1/i3D3,4D3;12D;4D2;3D3. The molecule has 16 heteroatoms. The van der Waals surface area contributed by atoms with Crippen LogP contribution in [0, 0.1) is 33.1 Å². The van der Waals surface area contributed by atoms with Gasteiger partial charge in [-0.15, -0.1) is 0 Å². The molecule has 0 N–H and O–H groups in total. The van der Waals surface area contributed by atoms with E-state index in [0.29, 0.717) is 28.4 Å². The van der Waals surface area contributed by atoms with Gasteiger partial charge in [0.15, 0.2) is 22.3 Å². The quantitative estimate of drug-likeness (QED) is 0.150. The summed E-state index contributed by atoms with van der Waals surface area (Å²) < 4.78 is 119. The van der Waals surface area contributed by atoms with E-state index < -0.39 is 38.6 Å². The van der Waals surface area contributed by atoms with Gasteiger partial charge in [-0.1, -0.05) is 69.2 Å². The largest absolute Gasteiger partial charge is 0.435 e. The third-order valence-electron chi connectivity index (χ3n) is 17.6. The molecular formula is C75H82N12O4. The number of rotatable bonds is 7. The van der Waals surface area contributed by atoms with Gasteiger partial charge in [0.05, 0.1) is 24.1 Å². The lowest BCUT2D eigenvalue weighted by Crippen LogP contribution is -2.40. The molecule has 0 fully saturated rings. The van der Waals surface area contributed by atoms with E-state index in [1.54, 1.807) is 66.3 Å². The first kappa shape index (κ1) is 47.1. The van der Waals surface area contributed by atoms with Gasteiger partial charge in [-0.05, 0) is 152 Å². The van der Waals surface area contributed by atoms with Gasteiger partial charge in [-0.3, -0.25) is 0 Å². The predicted octanol–water partition coefficient (Wildman–Crippen LogP) is 18.0. The van der Waals surface area contributed by atoms with Crippen molar-refractivity contribution in [3.8, 4) is 0 Å². The van der Waals surface area contributed by atoms with Crippen LogP contribution in [-0.2, 0) is 0 Å². The Morgan fingerprint density at radius 1 is 0.451 bits per heavy atom. The molecule has 0 radical (unpaired) electrons. The third kappa shape index (κ3) is 10.7. The highest BCUT2D eigenvalue weighted by atomic mass is 16.4. The number of anilines is 4. The average molecular weight is 1230 g/mol. The Kier molecular flexibility index (Phi) is 12.3. The number of benzene rings is 4. The van der Waals surface area contributed by atoms with Crippen molar-refractivity contribution in [1.29, 1.82) is 0 Å². The molecule has 16 nitrogen and oxygen atoms in total. The lowest BCUT2D eigenvalue weighted by atomic mass is 9.96. The molecule has 4 aromatic carbocycles. The molecule has 0 bridgehead atoms. The van der Waals surface area contributed by atoms with Gasteiger partial charge in [0.2, 0.25) is 22.9 Å². The van der Waals surface area contributed by atoms with E-state index in [2.05, 4.69) is 67.8 Å². The highest BCUT2D eigenvalue weighted by Gasteiger charge is 2.33. The van der Waals surface area contributed by atoms with E-state index in [1.165, 1.54) is 11.8 Å². The van der Waals surface area contributed by atoms with Gasteiger partial charge in [-0.25, -0.2) is 19.9 Å². The molecule has 0 saturated carbocycles. The molecule has 91 heavy (non-hydrogen) atoms. The molecule has 4 aliphatic heterocycles. The van der Waals surface area contributed by atoms with E-state index in [9.17, 15) is 0 Å². The topological polar surface area (TPSA) is 130 Å². The van der Waals surface area contributed by atoms with Gasteiger partial charge in [-0.2, -0.15) is 0 Å². The van der Waals surface area contributed by atoms with Gasteiger partial charge in [0.25, 0.3) is 0 Å². The minimum Gasteiger partial charge on any atom is -0.435 e. The molecule has 8 aromatic heterocycles. The molecule has 16 rings (SSSR count). The van der Waals surface area contributed by atoms with E-state index >= 15 is 0 Å². The van der Waals surface area contributed by atoms with Crippen LogP contribution in [0.1, 0.15) is 108 Å². The predicted molar refractivity (Wildman–Crippen MR) is 373 cm³/mol. The second kappa shape index (κ2) is 23.8. The number of hydrogen-bond acceptors (Lipinski definition) is 16. The van der Waals surface area contributed by atoms with E-state index in [4.69, 9.17) is 34.1 Å². The number of aryl methyl sites for hydroxylation is 4. The van der Waals surface area contributed by atoms with Gasteiger partial charge >= 0.3 is 0 Å². The molecule has 0 spiro atoms. The van der Waals surface area contributed by atoms with Crippen molar-refractivity contribution in [3.63, 3.8) is 0 Å². The van der Waals surface area contributed by atoms with Crippen molar-refractivity contribution in [3.05, 3.63) is 194 Å². The fourth-order valence-corrected chi connectivity index (χ4v) is 12.8. The fraction of sp³-hybridized carbons (Fsp3) is 0.307. The normalized spacial score (nSPS) is 20.7. The van der Waals surface area contributed by atoms with Gasteiger partial charge in [0, 0.05) is 159 Å². The van der Waals surface area contributed by atoms with Crippen LogP contribution in [0.2, 0.25) is 0 Å². The molecule has 4 atom stereocenters. The minimum absolute atomic E-state index is 0.0444. The molecule has 0 saturated heterocycles. The van der Waals surface area contributed by atoms with Crippen LogP contribution in [-0.4, -0.2) is 90.2 Å². The van der Waals surface area contributed by atoms with Crippen molar-refractivity contribution in [2.24, 2.45) is 5.41 Å². The first-order valence-corrected chi connectivity index (χ1v) is 30.5. The first-order chi connectivity index (χ1) is 48.5. The van der Waals surface area contributed by atoms with Crippen molar-refractivity contribution >= 4 is 111 Å². The molecule has 12 heterocycles. The SMILES string of the molecule is [2H]C(C)(C)N1C=CN(c2c(C)ccc3c2oc2ncccc23)[C@H]1C.[2H]C([2H])(C)N1C=CN(c2c(C)ccc3c2oc2ncccc23)[C@H]1C.[2H]C([2H])([2H])C(C)(CN1C=CN(c2c(C)ccc3c2oc2ncccc23)[C@H]1C)C([2H])([2H])[2H].[2H]C([2H])([2H])N1C=CN(c2c(C)ccc3c2oc2ncccc23)[C@H]1C. The van der Waals surface area contributed by atoms with Crippen molar-refractivity contribution in [2.45, 2.75) is 127 Å². The van der Waals surface area contributed by atoms with Crippen LogP contribution in [0.15, 0.2) is 189 Å². The van der Waals surface area contributed by atoms with Crippen molar-refractivity contribution in [1.82, 2.24) is 39.5 Å². The number of pyridine rings is 4. The Balaban J connectivity index is 0.000000123. The average Bonchev–Trinajstić information content (AvgIpc) is 1.59. The third-order valence-corrected chi connectivity index (χ3v) is 17.6. The fourth-order valence-electron chi connectivity index (χ4n) is 12.8. The van der Waals surface area contributed by atoms with Crippen LogP contribution in [0.4, 0.5) is 22.7 Å². The van der Waals surface area contributed by atoms with Crippen LogP contribution >= 0.6 is 0 Å². The summed E-state index contributed by atoms with van der Waals surface area (Å²) in [7, 11) is 0. The van der Waals surface area contributed by atoms with Crippen molar-refractivity contribution < 1.29 is 34.1 Å². The Bertz CT molecular complexity index is 4960. The second-order valence-electron chi connectivity index (χ2n) is 24.0. The summed E-state index contributed by atoms with van der Waals surface area (Å²) in [4.78, 5) is 32.3. The van der Waals surface area contributed by atoms with E-state index in [-0.39, 0.29) is 31.2 Å². The Hall–Kier alpha value is -9.96. The van der Waals surface area contributed by atoms with Gasteiger partial charge < -0.3 is 56.9 Å². The summed E-state index contributed by atoms with van der Waals surface area (Å²) in [6.45, 7) is 13.6. The van der Waals surface area contributed by atoms with Crippen LogP contribution in [0.3, 0.4) is 0 Å². The monoisotopic (exact) mass is 1230 g/mol. The molecule has 0 unspecified atom stereocenters. The maximum absolute atomic E-state index is 8.33. The summed E-state index contributed by atoms with van der Waals surface area (Å²) in [5.74, 6) is 0. The number of nitrogens with zero attached hydrogens (tertiary/aromatic N) is 12. The lowest BCUT2D eigenvalue weighted by molar-refractivity contribution is 0.221. The smallest absolute Gasteiger partial charge is 0.227 e. The van der Waals surface area contributed by atoms with Gasteiger partial charge in [0.1, 0.15) is 24.7 Å². The molecule has 4 aliphatic rings. The van der Waals surface area contributed by atoms with Crippen molar-refractivity contribution in [2.75, 3.05) is 39.6 Å². The second-order valence-corrected chi connectivity index (χ2v) is 24.0. The summed E-state index contributed by atoms with van der Waals surface area (Å²) in [5, 5.41) is 7.92. The molecule has 0 amide bonds. The summed E-state index contributed by atoms with van der Waals surface area (Å²) >= 11 is 0. The first-order valence-electron chi connectivity index (χ1n) is 36.5. The number of fused-ring (bicyclic) bond motifs is 12. The zero-order valence-electron chi connectivity index (χ0n) is 65.2. The maximum atomic E-state index is 8.33. The zero-order chi connectivity index (χ0) is 73.9. The lowest BCUT2D eigenvalue weighted by Gasteiger charge is -2.34. The van der Waals surface area contributed by atoms with Crippen LogP contribution in [0.5, 0.6) is 0 Å². The van der Waals surface area contributed by atoms with E-state index in [1.807, 2.05) is 168 Å². The maximum Gasteiger partial charge on any atom is 0.227 e.